The summed E-state index contributed by atoms with van der Waals surface area (Å²) < 4.78 is 0.994. The Morgan fingerprint density at radius 1 is 1.15 bits per heavy atom. The van der Waals surface area contributed by atoms with Crippen LogP contribution in [0.25, 0.3) is 0 Å². The molecule has 1 N–H and O–H groups in total. The topological polar surface area (TPSA) is 24.9 Å². The maximum Gasteiger partial charge on any atom is 0.126 e. The lowest BCUT2D eigenvalue weighted by Crippen LogP contribution is -2.12. The predicted octanol–water partition coefficient (Wildman–Crippen LogP) is 5.06. The van der Waals surface area contributed by atoms with Crippen LogP contribution in [0.1, 0.15) is 37.5 Å². The van der Waals surface area contributed by atoms with Gasteiger partial charge in [0, 0.05) is 17.2 Å². The lowest BCUT2D eigenvalue weighted by atomic mass is 9.85. The van der Waals surface area contributed by atoms with Crippen molar-refractivity contribution in [2.45, 2.75) is 39.7 Å². The second-order valence-corrected chi connectivity index (χ2v) is 7.02. The molecule has 0 spiro atoms. The molecule has 0 aliphatic carbocycles. The van der Waals surface area contributed by atoms with E-state index >= 15 is 0 Å². The van der Waals surface area contributed by atoms with Crippen LogP contribution in [0.3, 0.4) is 0 Å². The first-order chi connectivity index (χ1) is 9.36. The van der Waals surface area contributed by atoms with E-state index in [1.165, 1.54) is 16.7 Å². The number of pyridine rings is 1. The highest BCUT2D eigenvalue weighted by molar-refractivity contribution is 9.10. The standard InChI is InChI=1S/C17H21BrN2/c1-12-5-6-14(17(2,3)4)9-13(12)10-19-16-8-7-15(18)11-20-16/h5-9,11H,10H2,1-4H3,(H,19,20). The molecule has 1 heterocycles. The first kappa shape index (κ1) is 15.0. The number of hydrogen-bond donors (Lipinski definition) is 1. The Bertz CT molecular complexity index is 583. The number of nitrogens with one attached hydrogen (secondary N) is 1. The molecule has 1 aromatic carbocycles. The van der Waals surface area contributed by atoms with Gasteiger partial charge >= 0.3 is 0 Å². The van der Waals surface area contributed by atoms with Gasteiger partial charge in [0.15, 0.2) is 0 Å². The Morgan fingerprint density at radius 3 is 2.50 bits per heavy atom. The molecular formula is C17H21BrN2. The van der Waals surface area contributed by atoms with Crippen molar-refractivity contribution in [1.82, 2.24) is 4.98 Å². The fourth-order valence-corrected chi connectivity index (χ4v) is 2.23. The Morgan fingerprint density at radius 2 is 1.90 bits per heavy atom. The first-order valence-corrected chi connectivity index (χ1v) is 7.61. The molecule has 3 heteroatoms. The molecule has 2 rings (SSSR count). The van der Waals surface area contributed by atoms with Crippen LogP contribution in [0.5, 0.6) is 0 Å². The van der Waals surface area contributed by atoms with Gasteiger partial charge in [-0.1, -0.05) is 39.0 Å². The summed E-state index contributed by atoms with van der Waals surface area (Å²) in [5.74, 6) is 0.897. The van der Waals surface area contributed by atoms with Crippen LogP contribution >= 0.6 is 15.9 Å². The van der Waals surface area contributed by atoms with Crippen LogP contribution in [0.4, 0.5) is 5.82 Å². The van der Waals surface area contributed by atoms with Gasteiger partial charge in [-0.3, -0.25) is 0 Å². The van der Waals surface area contributed by atoms with Gasteiger partial charge in [0.05, 0.1) is 0 Å². The van der Waals surface area contributed by atoms with Crippen molar-refractivity contribution >= 4 is 21.7 Å². The minimum absolute atomic E-state index is 0.179. The molecule has 0 aliphatic rings. The van der Waals surface area contributed by atoms with E-state index in [0.29, 0.717) is 0 Å². The van der Waals surface area contributed by atoms with Gasteiger partial charge in [0.25, 0.3) is 0 Å². The van der Waals surface area contributed by atoms with Gasteiger partial charge < -0.3 is 5.32 Å². The summed E-state index contributed by atoms with van der Waals surface area (Å²) >= 11 is 3.39. The van der Waals surface area contributed by atoms with Gasteiger partial charge in [-0.15, -0.1) is 0 Å². The molecule has 0 amide bonds. The molecule has 0 aliphatic heterocycles. The molecule has 0 saturated carbocycles. The zero-order chi connectivity index (χ0) is 14.8. The van der Waals surface area contributed by atoms with Gasteiger partial charge in [-0.2, -0.15) is 0 Å². The Kier molecular flexibility index (Phi) is 4.48. The summed E-state index contributed by atoms with van der Waals surface area (Å²) in [7, 11) is 0. The third-order valence-electron chi connectivity index (χ3n) is 3.40. The van der Waals surface area contributed by atoms with Crippen molar-refractivity contribution in [2.24, 2.45) is 0 Å². The Labute approximate surface area is 129 Å². The van der Waals surface area contributed by atoms with E-state index in [9.17, 15) is 0 Å². The number of rotatable bonds is 3. The number of nitrogens with zero attached hydrogens (tertiary/aromatic N) is 1. The van der Waals surface area contributed by atoms with Crippen molar-refractivity contribution in [3.05, 3.63) is 57.7 Å². The van der Waals surface area contributed by atoms with Crippen LogP contribution in [-0.2, 0) is 12.0 Å². The van der Waals surface area contributed by atoms with E-state index in [4.69, 9.17) is 0 Å². The minimum Gasteiger partial charge on any atom is -0.366 e. The van der Waals surface area contributed by atoms with E-state index in [-0.39, 0.29) is 5.41 Å². The average molecular weight is 333 g/mol. The highest BCUT2D eigenvalue weighted by Crippen LogP contribution is 2.25. The van der Waals surface area contributed by atoms with E-state index in [1.54, 1.807) is 6.20 Å². The smallest absolute Gasteiger partial charge is 0.126 e. The normalized spacial score (nSPS) is 11.4. The highest BCUT2D eigenvalue weighted by Gasteiger charge is 2.14. The monoisotopic (exact) mass is 332 g/mol. The van der Waals surface area contributed by atoms with E-state index in [1.807, 2.05) is 12.1 Å². The van der Waals surface area contributed by atoms with Crippen molar-refractivity contribution in [3.8, 4) is 0 Å². The first-order valence-electron chi connectivity index (χ1n) is 6.82. The third-order valence-corrected chi connectivity index (χ3v) is 3.87. The summed E-state index contributed by atoms with van der Waals surface area (Å²) in [5, 5.41) is 3.38. The van der Waals surface area contributed by atoms with Gasteiger partial charge in [0.2, 0.25) is 0 Å². The summed E-state index contributed by atoms with van der Waals surface area (Å²) in [5.41, 5.74) is 4.17. The quantitative estimate of drug-likeness (QED) is 0.849. The van der Waals surface area contributed by atoms with Crippen LogP contribution in [0.15, 0.2) is 41.0 Å². The largest absolute Gasteiger partial charge is 0.366 e. The number of hydrogen-bond acceptors (Lipinski definition) is 2. The van der Waals surface area contributed by atoms with Crippen LogP contribution in [0, 0.1) is 6.92 Å². The minimum atomic E-state index is 0.179. The predicted molar refractivity (Wildman–Crippen MR) is 89.1 cm³/mol. The fraction of sp³-hybridized carbons (Fsp3) is 0.353. The second kappa shape index (κ2) is 5.96. The maximum absolute atomic E-state index is 4.34. The second-order valence-electron chi connectivity index (χ2n) is 6.11. The molecule has 20 heavy (non-hydrogen) atoms. The molecule has 0 bridgehead atoms. The highest BCUT2D eigenvalue weighted by atomic mass is 79.9. The molecule has 0 atom stereocenters. The number of aryl methyl sites for hydroxylation is 1. The Balaban J connectivity index is 2.14. The van der Waals surface area contributed by atoms with E-state index in [2.05, 4.69) is 72.1 Å². The lowest BCUT2D eigenvalue weighted by Gasteiger charge is -2.21. The fourth-order valence-electron chi connectivity index (χ4n) is 1.99. The summed E-state index contributed by atoms with van der Waals surface area (Å²) in [6.07, 6.45) is 1.81. The summed E-state index contributed by atoms with van der Waals surface area (Å²) in [6, 6.07) is 10.7. The summed E-state index contributed by atoms with van der Waals surface area (Å²) in [4.78, 5) is 4.34. The van der Waals surface area contributed by atoms with Crippen molar-refractivity contribution in [2.75, 3.05) is 5.32 Å². The van der Waals surface area contributed by atoms with E-state index in [0.717, 1.165) is 16.8 Å². The molecule has 106 valence electrons. The van der Waals surface area contributed by atoms with Crippen molar-refractivity contribution in [3.63, 3.8) is 0 Å². The average Bonchev–Trinajstić information content (AvgIpc) is 2.38. The maximum atomic E-state index is 4.34. The molecule has 0 unspecified atom stereocenters. The zero-order valence-electron chi connectivity index (χ0n) is 12.5. The lowest BCUT2D eigenvalue weighted by molar-refractivity contribution is 0.589. The number of benzene rings is 1. The molecular weight excluding hydrogens is 312 g/mol. The van der Waals surface area contributed by atoms with Crippen LogP contribution < -0.4 is 5.32 Å². The van der Waals surface area contributed by atoms with Crippen LogP contribution in [0.2, 0.25) is 0 Å². The van der Waals surface area contributed by atoms with Crippen molar-refractivity contribution in [1.29, 1.82) is 0 Å². The summed E-state index contributed by atoms with van der Waals surface area (Å²) in [6.45, 7) is 9.67. The number of aromatic nitrogens is 1. The molecule has 2 nitrogen and oxygen atoms in total. The molecule has 2 aromatic rings. The SMILES string of the molecule is Cc1ccc(C(C)(C)C)cc1CNc1ccc(Br)cn1. The third kappa shape index (κ3) is 3.83. The van der Waals surface area contributed by atoms with E-state index < -0.39 is 0 Å². The van der Waals surface area contributed by atoms with Gasteiger partial charge in [0.1, 0.15) is 5.82 Å². The molecule has 0 radical (unpaired) electrons. The zero-order valence-corrected chi connectivity index (χ0v) is 14.1. The number of halogens is 1. The molecule has 1 aromatic heterocycles. The molecule has 0 saturated heterocycles. The number of anilines is 1. The van der Waals surface area contributed by atoms with Crippen LogP contribution in [-0.4, -0.2) is 4.98 Å². The Hall–Kier alpha value is -1.35. The van der Waals surface area contributed by atoms with Gasteiger partial charge in [-0.25, -0.2) is 4.98 Å². The van der Waals surface area contributed by atoms with Crippen molar-refractivity contribution < 1.29 is 0 Å². The van der Waals surface area contributed by atoms with Gasteiger partial charge in [-0.05, 0) is 57.1 Å². The molecule has 0 fully saturated rings.